The van der Waals surface area contributed by atoms with Gasteiger partial charge in [-0.3, -0.25) is 4.79 Å². The minimum absolute atomic E-state index is 0.159. The number of carbonyl (C=O) groups is 1. The summed E-state index contributed by atoms with van der Waals surface area (Å²) < 4.78 is 5.76. The van der Waals surface area contributed by atoms with Crippen LogP contribution in [0.4, 0.5) is 11.4 Å². The highest BCUT2D eigenvalue weighted by molar-refractivity contribution is 8.00. The fourth-order valence-corrected chi connectivity index (χ4v) is 3.80. The standard InChI is InChI=1S/C22H25ClN4O2S/c1-5-27(6-2)18-11-8-16(9-12-18)21-25-26-22(29-21)30-15(4)20(28)24-19-13-17(23)10-7-14(19)3/h7-13,15H,5-6H2,1-4H3,(H,24,28). The van der Waals surface area contributed by atoms with Crippen LogP contribution in [0.25, 0.3) is 11.5 Å². The van der Waals surface area contributed by atoms with Gasteiger partial charge in [-0.2, -0.15) is 0 Å². The van der Waals surface area contributed by atoms with Crippen LogP contribution in [-0.2, 0) is 4.79 Å². The Morgan fingerprint density at radius 1 is 1.17 bits per heavy atom. The van der Waals surface area contributed by atoms with Crippen molar-refractivity contribution in [1.82, 2.24) is 10.2 Å². The number of thioether (sulfide) groups is 1. The van der Waals surface area contributed by atoms with E-state index in [2.05, 4.69) is 34.3 Å². The third-order valence-electron chi connectivity index (χ3n) is 4.75. The molecule has 158 valence electrons. The maximum Gasteiger partial charge on any atom is 0.277 e. The number of benzene rings is 2. The first-order valence-corrected chi connectivity index (χ1v) is 11.1. The SMILES string of the molecule is CCN(CC)c1ccc(-c2nnc(SC(C)C(=O)Nc3cc(Cl)ccc3C)o2)cc1. The smallest absolute Gasteiger partial charge is 0.277 e. The zero-order valence-electron chi connectivity index (χ0n) is 17.5. The molecule has 3 rings (SSSR count). The van der Waals surface area contributed by atoms with Crippen molar-refractivity contribution in [3.63, 3.8) is 0 Å². The van der Waals surface area contributed by atoms with Gasteiger partial charge in [0.1, 0.15) is 0 Å². The van der Waals surface area contributed by atoms with Gasteiger partial charge in [0.15, 0.2) is 0 Å². The third-order valence-corrected chi connectivity index (χ3v) is 5.92. The summed E-state index contributed by atoms with van der Waals surface area (Å²) in [6.45, 7) is 9.87. The summed E-state index contributed by atoms with van der Waals surface area (Å²) in [4.78, 5) is 14.8. The Morgan fingerprint density at radius 3 is 2.53 bits per heavy atom. The van der Waals surface area contributed by atoms with E-state index >= 15 is 0 Å². The highest BCUT2D eigenvalue weighted by Crippen LogP contribution is 2.28. The second-order valence-corrected chi connectivity index (χ2v) is 8.53. The number of hydrogen-bond donors (Lipinski definition) is 1. The van der Waals surface area contributed by atoms with Crippen LogP contribution in [0.1, 0.15) is 26.3 Å². The molecule has 1 amide bonds. The quantitative estimate of drug-likeness (QED) is 0.452. The minimum Gasteiger partial charge on any atom is -0.411 e. The average Bonchev–Trinajstić information content (AvgIpc) is 3.20. The lowest BCUT2D eigenvalue weighted by molar-refractivity contribution is -0.115. The van der Waals surface area contributed by atoms with Crippen molar-refractivity contribution in [1.29, 1.82) is 0 Å². The summed E-state index contributed by atoms with van der Waals surface area (Å²) in [7, 11) is 0. The lowest BCUT2D eigenvalue weighted by atomic mass is 10.2. The van der Waals surface area contributed by atoms with Crippen molar-refractivity contribution in [2.45, 2.75) is 38.2 Å². The fraction of sp³-hybridized carbons (Fsp3) is 0.318. The normalized spacial score (nSPS) is 11.9. The maximum absolute atomic E-state index is 12.5. The molecule has 1 unspecified atom stereocenters. The number of nitrogens with zero attached hydrogens (tertiary/aromatic N) is 3. The van der Waals surface area contributed by atoms with Gasteiger partial charge in [0.05, 0.1) is 5.25 Å². The van der Waals surface area contributed by atoms with Gasteiger partial charge in [0, 0.05) is 35.1 Å². The Labute approximate surface area is 186 Å². The van der Waals surface area contributed by atoms with Gasteiger partial charge < -0.3 is 14.6 Å². The Kier molecular flexibility index (Phi) is 7.39. The molecule has 0 saturated heterocycles. The zero-order valence-corrected chi connectivity index (χ0v) is 19.0. The largest absolute Gasteiger partial charge is 0.411 e. The van der Waals surface area contributed by atoms with E-state index in [1.165, 1.54) is 11.8 Å². The van der Waals surface area contributed by atoms with Crippen molar-refractivity contribution < 1.29 is 9.21 Å². The van der Waals surface area contributed by atoms with Crippen molar-refractivity contribution >= 4 is 40.6 Å². The molecule has 1 aromatic heterocycles. The van der Waals surface area contributed by atoms with Gasteiger partial charge >= 0.3 is 0 Å². The predicted octanol–water partition coefficient (Wildman–Crippen LogP) is 5.66. The van der Waals surface area contributed by atoms with Crippen LogP contribution in [-0.4, -0.2) is 34.4 Å². The molecule has 0 aliphatic rings. The number of rotatable bonds is 8. The van der Waals surface area contributed by atoms with Crippen molar-refractivity contribution in [2.24, 2.45) is 0 Å². The van der Waals surface area contributed by atoms with Crippen molar-refractivity contribution in [3.8, 4) is 11.5 Å². The Bertz CT molecular complexity index is 1000. The van der Waals surface area contributed by atoms with Crippen LogP contribution in [0.5, 0.6) is 0 Å². The molecule has 0 spiro atoms. The number of anilines is 2. The number of halogens is 1. The first-order valence-electron chi connectivity index (χ1n) is 9.83. The minimum atomic E-state index is -0.415. The molecule has 2 aromatic carbocycles. The summed E-state index contributed by atoms with van der Waals surface area (Å²) in [5.74, 6) is 0.274. The molecule has 0 bridgehead atoms. The molecule has 0 fully saturated rings. The second-order valence-electron chi connectivity index (χ2n) is 6.80. The molecule has 1 heterocycles. The molecule has 3 aromatic rings. The van der Waals surface area contributed by atoms with Crippen LogP contribution >= 0.6 is 23.4 Å². The zero-order chi connectivity index (χ0) is 21.7. The summed E-state index contributed by atoms with van der Waals surface area (Å²) in [6, 6.07) is 13.4. The Morgan fingerprint density at radius 2 is 1.87 bits per heavy atom. The Balaban J connectivity index is 1.64. The number of hydrogen-bond acceptors (Lipinski definition) is 6. The van der Waals surface area contributed by atoms with E-state index in [-0.39, 0.29) is 5.91 Å². The van der Waals surface area contributed by atoms with E-state index in [0.717, 1.165) is 29.9 Å². The van der Waals surface area contributed by atoms with Crippen molar-refractivity contribution in [2.75, 3.05) is 23.3 Å². The molecule has 6 nitrogen and oxygen atoms in total. The molecule has 8 heteroatoms. The number of carbonyl (C=O) groups excluding carboxylic acids is 1. The molecule has 30 heavy (non-hydrogen) atoms. The van der Waals surface area contributed by atoms with E-state index in [9.17, 15) is 4.79 Å². The van der Waals surface area contributed by atoms with Crippen LogP contribution < -0.4 is 10.2 Å². The van der Waals surface area contributed by atoms with Crippen LogP contribution in [0.3, 0.4) is 0 Å². The molecule has 1 atom stereocenters. The van der Waals surface area contributed by atoms with Gasteiger partial charge in [-0.05, 0) is 69.7 Å². The van der Waals surface area contributed by atoms with E-state index in [4.69, 9.17) is 16.0 Å². The van der Waals surface area contributed by atoms with Crippen molar-refractivity contribution in [3.05, 3.63) is 53.1 Å². The first kappa shape index (κ1) is 22.2. The van der Waals surface area contributed by atoms with Gasteiger partial charge in [-0.15, -0.1) is 10.2 Å². The molecule has 0 radical (unpaired) electrons. The highest BCUT2D eigenvalue weighted by atomic mass is 35.5. The summed E-state index contributed by atoms with van der Waals surface area (Å²) in [6.07, 6.45) is 0. The molecule has 0 aliphatic carbocycles. The number of amides is 1. The highest BCUT2D eigenvalue weighted by Gasteiger charge is 2.19. The van der Waals surface area contributed by atoms with Crippen LogP contribution in [0, 0.1) is 6.92 Å². The van der Waals surface area contributed by atoms with Gasteiger partial charge in [0.2, 0.25) is 11.8 Å². The van der Waals surface area contributed by atoms with Crippen LogP contribution in [0.15, 0.2) is 52.1 Å². The maximum atomic E-state index is 12.5. The summed E-state index contributed by atoms with van der Waals surface area (Å²) in [5.41, 5.74) is 3.63. The van der Waals surface area contributed by atoms with E-state index in [1.807, 2.05) is 37.3 Å². The lowest BCUT2D eigenvalue weighted by Gasteiger charge is -2.20. The number of aryl methyl sites for hydroxylation is 1. The summed E-state index contributed by atoms with van der Waals surface area (Å²) in [5, 5.41) is 11.6. The average molecular weight is 445 g/mol. The molecular weight excluding hydrogens is 420 g/mol. The molecule has 1 N–H and O–H groups in total. The van der Waals surface area contributed by atoms with Crippen LogP contribution in [0.2, 0.25) is 5.02 Å². The monoisotopic (exact) mass is 444 g/mol. The van der Waals surface area contributed by atoms with Gasteiger partial charge in [-0.1, -0.05) is 29.4 Å². The van der Waals surface area contributed by atoms with Gasteiger partial charge in [-0.25, -0.2) is 0 Å². The van der Waals surface area contributed by atoms with E-state index < -0.39 is 5.25 Å². The topological polar surface area (TPSA) is 71.3 Å². The van der Waals surface area contributed by atoms with E-state index in [1.54, 1.807) is 19.1 Å². The predicted molar refractivity (Wildman–Crippen MR) is 123 cm³/mol. The fourth-order valence-electron chi connectivity index (χ4n) is 2.95. The molecule has 0 saturated carbocycles. The number of aromatic nitrogens is 2. The number of nitrogens with one attached hydrogen (secondary N) is 1. The van der Waals surface area contributed by atoms with E-state index in [0.29, 0.717) is 21.8 Å². The first-order chi connectivity index (χ1) is 14.4. The second kappa shape index (κ2) is 10.00. The third kappa shape index (κ3) is 5.34. The molecular formula is C22H25ClN4O2S. The molecule has 0 aliphatic heterocycles. The Hall–Kier alpha value is -2.51. The summed E-state index contributed by atoms with van der Waals surface area (Å²) >= 11 is 7.24. The lowest BCUT2D eigenvalue weighted by Crippen LogP contribution is -2.22. The van der Waals surface area contributed by atoms with Gasteiger partial charge in [0.25, 0.3) is 5.22 Å².